The van der Waals surface area contributed by atoms with Crippen molar-refractivity contribution in [3.63, 3.8) is 0 Å². The Kier molecular flexibility index (Phi) is 11.5. The summed E-state index contributed by atoms with van der Waals surface area (Å²) >= 11 is 0. The number of hydrogen-bond acceptors (Lipinski definition) is 4. The maximum atomic E-state index is 12.9. The molecule has 5 aromatic rings. The Bertz CT molecular complexity index is 1710. The van der Waals surface area contributed by atoms with Crippen molar-refractivity contribution in [3.8, 4) is 17.2 Å². The Morgan fingerprint density at radius 3 is 1.72 bits per heavy atom. The Morgan fingerprint density at radius 2 is 1.13 bits per heavy atom. The van der Waals surface area contributed by atoms with Crippen molar-refractivity contribution in [2.45, 2.75) is 45.3 Å². The fourth-order valence-electron chi connectivity index (χ4n) is 5.10. The molecule has 0 aliphatic rings. The average molecular weight is 640 g/mol. The first-order valence-electron chi connectivity index (χ1n) is 15.4. The van der Waals surface area contributed by atoms with Crippen LogP contribution in [0.3, 0.4) is 0 Å². The molecule has 0 aliphatic carbocycles. The normalized spacial score (nSPS) is 11.1. The van der Waals surface area contributed by atoms with Crippen LogP contribution in [0, 0.1) is 0 Å². The van der Waals surface area contributed by atoms with Gasteiger partial charge in [0.15, 0.2) is 11.5 Å². The number of halogens is 3. The summed E-state index contributed by atoms with van der Waals surface area (Å²) in [5.74, 6) is -0.166. The molecule has 0 saturated carbocycles. The van der Waals surface area contributed by atoms with Gasteiger partial charge in [-0.05, 0) is 65.3 Å². The number of alkyl halides is 3. The SMILES string of the molecule is O=C(NCCc1ccc(OCc2ccccc2)c(OCc2ccccc2)c1CCc1cccc(OCc2ccccc2)c1)C(F)(F)F. The molecule has 1 N–H and O–H groups in total. The topological polar surface area (TPSA) is 56.8 Å². The number of ether oxygens (including phenoxy) is 3. The van der Waals surface area contributed by atoms with E-state index in [2.05, 4.69) is 0 Å². The fourth-order valence-corrected chi connectivity index (χ4v) is 5.10. The number of amides is 1. The third-order valence-electron chi connectivity index (χ3n) is 7.53. The molecular formula is C39H36F3NO4. The van der Waals surface area contributed by atoms with E-state index in [1.165, 1.54) is 0 Å². The Balaban J connectivity index is 1.41. The van der Waals surface area contributed by atoms with Gasteiger partial charge in [-0.2, -0.15) is 13.2 Å². The van der Waals surface area contributed by atoms with E-state index in [1.807, 2.05) is 127 Å². The van der Waals surface area contributed by atoms with E-state index in [1.54, 1.807) is 6.07 Å². The highest BCUT2D eigenvalue weighted by molar-refractivity contribution is 5.81. The van der Waals surface area contributed by atoms with E-state index in [-0.39, 0.29) is 19.6 Å². The van der Waals surface area contributed by atoms with E-state index in [0.29, 0.717) is 37.6 Å². The van der Waals surface area contributed by atoms with Crippen LogP contribution < -0.4 is 19.5 Å². The number of rotatable bonds is 15. The summed E-state index contributed by atoms with van der Waals surface area (Å²) in [6, 6.07) is 40.8. The van der Waals surface area contributed by atoms with Crippen molar-refractivity contribution < 1.29 is 32.2 Å². The number of aryl methyl sites for hydroxylation is 1. The van der Waals surface area contributed by atoms with Crippen LogP contribution in [0.15, 0.2) is 127 Å². The highest BCUT2D eigenvalue weighted by atomic mass is 19.4. The van der Waals surface area contributed by atoms with Crippen molar-refractivity contribution in [1.29, 1.82) is 0 Å². The second-order valence-electron chi connectivity index (χ2n) is 11.0. The summed E-state index contributed by atoms with van der Waals surface area (Å²) in [6.07, 6.45) is -3.65. The minimum absolute atomic E-state index is 0.179. The zero-order valence-electron chi connectivity index (χ0n) is 25.8. The van der Waals surface area contributed by atoms with Crippen LogP contribution in [0.1, 0.15) is 33.4 Å². The summed E-state index contributed by atoms with van der Waals surface area (Å²) in [5.41, 5.74) is 5.60. The van der Waals surface area contributed by atoms with Gasteiger partial charge in [-0.15, -0.1) is 0 Å². The fraction of sp³-hybridized carbons (Fsp3) is 0.205. The molecule has 5 nitrogen and oxygen atoms in total. The van der Waals surface area contributed by atoms with Crippen LogP contribution in [-0.2, 0) is 43.9 Å². The molecule has 242 valence electrons. The molecule has 0 atom stereocenters. The van der Waals surface area contributed by atoms with Gasteiger partial charge in [0.05, 0.1) is 0 Å². The number of carbonyl (C=O) groups excluding carboxylic acids is 1. The predicted molar refractivity (Wildman–Crippen MR) is 175 cm³/mol. The molecule has 0 aromatic heterocycles. The Hall–Kier alpha value is -5.24. The van der Waals surface area contributed by atoms with Gasteiger partial charge in [-0.3, -0.25) is 4.79 Å². The van der Waals surface area contributed by atoms with Gasteiger partial charge in [0.1, 0.15) is 25.6 Å². The van der Waals surface area contributed by atoms with E-state index < -0.39 is 12.1 Å². The predicted octanol–water partition coefficient (Wildman–Crippen LogP) is 8.43. The van der Waals surface area contributed by atoms with Crippen molar-refractivity contribution in [2.75, 3.05) is 6.54 Å². The monoisotopic (exact) mass is 639 g/mol. The van der Waals surface area contributed by atoms with Gasteiger partial charge < -0.3 is 19.5 Å². The van der Waals surface area contributed by atoms with Crippen molar-refractivity contribution in [2.24, 2.45) is 0 Å². The van der Waals surface area contributed by atoms with Gasteiger partial charge in [0, 0.05) is 12.1 Å². The van der Waals surface area contributed by atoms with Crippen LogP contribution in [0.2, 0.25) is 0 Å². The van der Waals surface area contributed by atoms with Crippen molar-refractivity contribution >= 4 is 5.91 Å². The van der Waals surface area contributed by atoms with Gasteiger partial charge in [-0.1, -0.05) is 109 Å². The second-order valence-corrected chi connectivity index (χ2v) is 11.0. The van der Waals surface area contributed by atoms with Crippen LogP contribution in [0.25, 0.3) is 0 Å². The third kappa shape index (κ3) is 10.1. The largest absolute Gasteiger partial charge is 0.489 e. The molecule has 0 aliphatic heterocycles. The zero-order chi connectivity index (χ0) is 32.9. The first kappa shape index (κ1) is 33.1. The van der Waals surface area contributed by atoms with Crippen molar-refractivity contribution in [3.05, 3.63) is 161 Å². The molecule has 1 amide bonds. The molecule has 0 spiro atoms. The average Bonchev–Trinajstić information content (AvgIpc) is 3.09. The number of nitrogens with one attached hydrogen (secondary N) is 1. The van der Waals surface area contributed by atoms with Crippen LogP contribution in [0.5, 0.6) is 17.2 Å². The summed E-state index contributed by atoms with van der Waals surface area (Å²) in [6.45, 7) is 0.837. The van der Waals surface area contributed by atoms with Gasteiger partial charge in [0.2, 0.25) is 0 Å². The molecule has 0 saturated heterocycles. The molecule has 5 rings (SSSR count). The van der Waals surface area contributed by atoms with E-state index >= 15 is 0 Å². The lowest BCUT2D eigenvalue weighted by atomic mass is 9.96. The smallest absolute Gasteiger partial charge is 0.471 e. The minimum atomic E-state index is -4.95. The van der Waals surface area contributed by atoms with Crippen molar-refractivity contribution in [1.82, 2.24) is 5.32 Å². The number of hydrogen-bond donors (Lipinski definition) is 1. The van der Waals surface area contributed by atoms with E-state index in [4.69, 9.17) is 14.2 Å². The summed E-state index contributed by atoms with van der Waals surface area (Å²) < 4.78 is 57.4. The summed E-state index contributed by atoms with van der Waals surface area (Å²) in [5, 5.41) is 1.99. The Labute approximate surface area is 272 Å². The first-order chi connectivity index (χ1) is 22.8. The number of benzene rings is 5. The molecule has 0 heterocycles. The van der Waals surface area contributed by atoms with Gasteiger partial charge in [0.25, 0.3) is 0 Å². The maximum Gasteiger partial charge on any atom is 0.471 e. The van der Waals surface area contributed by atoms with Crippen LogP contribution >= 0.6 is 0 Å². The molecule has 8 heteroatoms. The molecular weight excluding hydrogens is 603 g/mol. The third-order valence-corrected chi connectivity index (χ3v) is 7.53. The molecule has 0 bridgehead atoms. The quantitative estimate of drug-likeness (QED) is 0.125. The molecule has 0 radical (unpaired) electrons. The second kappa shape index (κ2) is 16.4. The standard InChI is InChI=1S/C39H36F3NO4/c40-39(41,42)38(44)43-24-23-33-20-22-36(46-27-31-13-6-2-7-14-31)37(47-28-32-15-8-3-9-16-32)35(33)21-19-29-17-10-18-34(25-29)45-26-30-11-4-1-5-12-30/h1-18,20,22,25H,19,21,23-24,26-28H2,(H,43,44). The van der Waals surface area contributed by atoms with Crippen LogP contribution in [0.4, 0.5) is 13.2 Å². The van der Waals surface area contributed by atoms with Gasteiger partial charge >= 0.3 is 12.1 Å². The van der Waals surface area contributed by atoms with Gasteiger partial charge in [-0.25, -0.2) is 0 Å². The first-order valence-corrected chi connectivity index (χ1v) is 15.4. The molecule has 0 fully saturated rings. The Morgan fingerprint density at radius 1 is 0.574 bits per heavy atom. The lowest BCUT2D eigenvalue weighted by Crippen LogP contribution is -2.37. The van der Waals surface area contributed by atoms with E-state index in [0.717, 1.165) is 39.1 Å². The minimum Gasteiger partial charge on any atom is -0.489 e. The molecule has 5 aromatic carbocycles. The maximum absolute atomic E-state index is 12.9. The summed E-state index contributed by atoms with van der Waals surface area (Å²) in [4.78, 5) is 11.5. The van der Waals surface area contributed by atoms with Crippen LogP contribution in [-0.4, -0.2) is 18.6 Å². The zero-order valence-corrected chi connectivity index (χ0v) is 25.8. The highest BCUT2D eigenvalue weighted by Crippen LogP contribution is 2.37. The molecule has 0 unspecified atom stereocenters. The highest BCUT2D eigenvalue weighted by Gasteiger charge is 2.38. The lowest BCUT2D eigenvalue weighted by Gasteiger charge is -2.20. The summed E-state index contributed by atoms with van der Waals surface area (Å²) in [7, 11) is 0. The number of carbonyl (C=O) groups is 1. The van der Waals surface area contributed by atoms with E-state index in [9.17, 15) is 18.0 Å². The lowest BCUT2D eigenvalue weighted by molar-refractivity contribution is -0.173. The molecule has 47 heavy (non-hydrogen) atoms.